The van der Waals surface area contributed by atoms with Crippen molar-refractivity contribution in [3.05, 3.63) is 39.6 Å². The molecule has 0 unspecified atom stereocenters. The quantitative estimate of drug-likeness (QED) is 0.602. The van der Waals surface area contributed by atoms with Crippen LogP contribution in [0.2, 0.25) is 0 Å². The molecule has 3 aromatic heterocycles. The number of nitrogens with one attached hydrogen (secondary N) is 2. The number of aromatic nitrogens is 2. The zero-order valence-corrected chi connectivity index (χ0v) is 16.5. The largest absolute Gasteiger partial charge is 0.356 e. The van der Waals surface area contributed by atoms with Crippen molar-refractivity contribution < 1.29 is 9.59 Å². The molecule has 3 rings (SSSR count). The Balaban J connectivity index is 1.68. The maximum Gasteiger partial charge on any atom is 0.263 e. The van der Waals surface area contributed by atoms with Crippen molar-refractivity contribution in [1.29, 1.82) is 0 Å². The summed E-state index contributed by atoms with van der Waals surface area (Å²) in [5, 5.41) is 9.83. The van der Waals surface area contributed by atoms with E-state index in [1.54, 1.807) is 11.3 Å². The van der Waals surface area contributed by atoms with Gasteiger partial charge in [0.15, 0.2) is 0 Å². The molecule has 3 heterocycles. The van der Waals surface area contributed by atoms with Gasteiger partial charge in [0.1, 0.15) is 11.4 Å². The Labute approximate surface area is 164 Å². The average molecular weight is 405 g/mol. The lowest BCUT2D eigenvalue weighted by Gasteiger charge is -2.08. The number of amides is 2. The van der Waals surface area contributed by atoms with Crippen LogP contribution < -0.4 is 16.2 Å². The molecule has 0 aliphatic heterocycles. The minimum Gasteiger partial charge on any atom is -0.356 e. The van der Waals surface area contributed by atoms with Crippen LogP contribution in [0.3, 0.4) is 0 Å². The van der Waals surface area contributed by atoms with Gasteiger partial charge >= 0.3 is 0 Å². The zero-order valence-electron chi connectivity index (χ0n) is 14.9. The van der Waals surface area contributed by atoms with Gasteiger partial charge in [-0.15, -0.1) is 22.7 Å². The number of hydrogen-bond donors (Lipinski definition) is 2. The number of hydrogen-bond acceptors (Lipinski definition) is 6. The standard InChI is InChI=1S/C18H20N4O3S2/c1-2-6-19-14(23)5-7-20-15(24)9-22-11-21-17-16(18(22)25)12(10-27-17)13-4-3-8-26-13/h3-4,8,10-11H,2,5-7,9H2,1H3,(H,19,23)(H,20,24). The fourth-order valence-electron chi connectivity index (χ4n) is 2.57. The maximum absolute atomic E-state index is 12.8. The highest BCUT2D eigenvalue weighted by Gasteiger charge is 2.15. The van der Waals surface area contributed by atoms with Gasteiger partial charge in [0.05, 0.1) is 11.7 Å². The lowest BCUT2D eigenvalue weighted by Crippen LogP contribution is -2.35. The van der Waals surface area contributed by atoms with Crippen LogP contribution in [0.4, 0.5) is 0 Å². The Morgan fingerprint density at radius 1 is 1.19 bits per heavy atom. The Morgan fingerprint density at radius 3 is 2.74 bits per heavy atom. The summed E-state index contributed by atoms with van der Waals surface area (Å²) in [6.07, 6.45) is 2.48. The second-order valence-electron chi connectivity index (χ2n) is 5.93. The molecule has 0 atom stereocenters. The molecule has 2 amide bonds. The fraction of sp³-hybridized carbons (Fsp3) is 0.333. The molecule has 0 bridgehead atoms. The lowest BCUT2D eigenvalue weighted by molar-refractivity contribution is -0.122. The third kappa shape index (κ3) is 4.61. The van der Waals surface area contributed by atoms with Gasteiger partial charge in [0.25, 0.3) is 5.56 Å². The molecule has 0 spiro atoms. The minimum absolute atomic E-state index is 0.101. The molecule has 9 heteroatoms. The number of carbonyl (C=O) groups excluding carboxylic acids is 2. The summed E-state index contributed by atoms with van der Waals surface area (Å²) in [7, 11) is 0. The number of nitrogens with zero attached hydrogens (tertiary/aromatic N) is 2. The molecule has 0 fully saturated rings. The van der Waals surface area contributed by atoms with E-state index < -0.39 is 0 Å². The predicted octanol–water partition coefficient (Wildman–Crippen LogP) is 2.22. The number of fused-ring (bicyclic) bond motifs is 1. The molecule has 0 saturated carbocycles. The smallest absolute Gasteiger partial charge is 0.263 e. The molecule has 0 saturated heterocycles. The van der Waals surface area contributed by atoms with Crippen LogP contribution in [0.25, 0.3) is 20.7 Å². The number of rotatable bonds is 8. The van der Waals surface area contributed by atoms with E-state index in [0.29, 0.717) is 16.8 Å². The van der Waals surface area contributed by atoms with Crippen LogP contribution in [-0.2, 0) is 16.1 Å². The molecule has 2 N–H and O–H groups in total. The molecule has 27 heavy (non-hydrogen) atoms. The van der Waals surface area contributed by atoms with Gasteiger partial charge in [-0.1, -0.05) is 13.0 Å². The Kier molecular flexibility index (Phi) is 6.36. The van der Waals surface area contributed by atoms with E-state index in [4.69, 9.17) is 0 Å². The molecular formula is C18H20N4O3S2. The molecule has 0 aliphatic rings. The van der Waals surface area contributed by atoms with E-state index in [2.05, 4.69) is 15.6 Å². The van der Waals surface area contributed by atoms with Crippen molar-refractivity contribution in [2.24, 2.45) is 0 Å². The van der Waals surface area contributed by atoms with E-state index in [1.165, 1.54) is 22.2 Å². The van der Waals surface area contributed by atoms with Crippen LogP contribution in [0.15, 0.2) is 34.0 Å². The van der Waals surface area contributed by atoms with E-state index in [1.807, 2.05) is 29.8 Å². The molecule has 3 aromatic rings. The lowest BCUT2D eigenvalue weighted by atomic mass is 10.2. The van der Waals surface area contributed by atoms with Crippen molar-refractivity contribution in [3.63, 3.8) is 0 Å². The van der Waals surface area contributed by atoms with Crippen LogP contribution in [0, 0.1) is 0 Å². The van der Waals surface area contributed by atoms with E-state index in [-0.39, 0.29) is 36.9 Å². The maximum atomic E-state index is 12.8. The van der Waals surface area contributed by atoms with Gasteiger partial charge in [-0.05, 0) is 17.9 Å². The second-order valence-corrected chi connectivity index (χ2v) is 7.74. The third-order valence-corrected chi connectivity index (χ3v) is 5.70. The van der Waals surface area contributed by atoms with Crippen molar-refractivity contribution in [3.8, 4) is 10.4 Å². The normalized spacial score (nSPS) is 10.9. The molecule has 142 valence electrons. The third-order valence-electron chi connectivity index (χ3n) is 3.91. The Hall–Kier alpha value is -2.52. The zero-order chi connectivity index (χ0) is 19.2. The Morgan fingerprint density at radius 2 is 2.00 bits per heavy atom. The first kappa shape index (κ1) is 19.2. The summed E-state index contributed by atoms with van der Waals surface area (Å²) in [4.78, 5) is 42.5. The summed E-state index contributed by atoms with van der Waals surface area (Å²) in [6.45, 7) is 2.71. The SMILES string of the molecule is CCCNC(=O)CCNC(=O)Cn1cnc2scc(-c3cccs3)c2c1=O. The monoisotopic (exact) mass is 404 g/mol. The van der Waals surface area contributed by atoms with Gasteiger partial charge in [-0.3, -0.25) is 19.0 Å². The highest BCUT2D eigenvalue weighted by molar-refractivity contribution is 7.18. The summed E-state index contributed by atoms with van der Waals surface area (Å²) in [5.41, 5.74) is 0.616. The van der Waals surface area contributed by atoms with Crippen LogP contribution >= 0.6 is 22.7 Å². The van der Waals surface area contributed by atoms with Gasteiger partial charge in [-0.25, -0.2) is 4.98 Å². The van der Waals surface area contributed by atoms with Crippen molar-refractivity contribution >= 4 is 44.7 Å². The average Bonchev–Trinajstić information content (AvgIpc) is 3.31. The summed E-state index contributed by atoms with van der Waals surface area (Å²) < 4.78 is 1.30. The van der Waals surface area contributed by atoms with E-state index in [9.17, 15) is 14.4 Å². The topological polar surface area (TPSA) is 93.1 Å². The number of carbonyl (C=O) groups is 2. The van der Waals surface area contributed by atoms with E-state index >= 15 is 0 Å². The van der Waals surface area contributed by atoms with Crippen LogP contribution in [0.5, 0.6) is 0 Å². The van der Waals surface area contributed by atoms with Gasteiger partial charge < -0.3 is 10.6 Å². The van der Waals surface area contributed by atoms with E-state index in [0.717, 1.165) is 16.9 Å². The van der Waals surface area contributed by atoms with Crippen molar-refractivity contribution in [1.82, 2.24) is 20.2 Å². The first-order valence-electron chi connectivity index (χ1n) is 8.64. The summed E-state index contributed by atoms with van der Waals surface area (Å²) in [5.74, 6) is -0.425. The predicted molar refractivity (Wildman–Crippen MR) is 108 cm³/mol. The fourth-order valence-corrected chi connectivity index (χ4v) is 4.29. The Bertz CT molecular complexity index is 992. The van der Waals surface area contributed by atoms with Crippen LogP contribution in [-0.4, -0.2) is 34.5 Å². The second kappa shape index (κ2) is 8.92. The number of thiophene rings is 2. The molecule has 0 aromatic carbocycles. The highest BCUT2D eigenvalue weighted by atomic mass is 32.1. The highest BCUT2D eigenvalue weighted by Crippen LogP contribution is 2.33. The molecule has 0 radical (unpaired) electrons. The molecule has 0 aliphatic carbocycles. The first-order valence-corrected chi connectivity index (χ1v) is 10.4. The minimum atomic E-state index is -0.325. The summed E-state index contributed by atoms with van der Waals surface area (Å²) >= 11 is 2.97. The molecular weight excluding hydrogens is 384 g/mol. The van der Waals surface area contributed by atoms with Crippen molar-refractivity contribution in [2.75, 3.05) is 13.1 Å². The summed E-state index contributed by atoms with van der Waals surface area (Å²) in [6, 6.07) is 3.89. The van der Waals surface area contributed by atoms with Gasteiger partial charge in [0.2, 0.25) is 11.8 Å². The van der Waals surface area contributed by atoms with Gasteiger partial charge in [-0.2, -0.15) is 0 Å². The van der Waals surface area contributed by atoms with Crippen LogP contribution in [0.1, 0.15) is 19.8 Å². The first-order chi connectivity index (χ1) is 13.1. The van der Waals surface area contributed by atoms with Gasteiger partial charge in [0, 0.05) is 35.3 Å². The van der Waals surface area contributed by atoms with Crippen molar-refractivity contribution in [2.45, 2.75) is 26.3 Å². The molecule has 7 nitrogen and oxygen atoms in total.